The third-order valence-electron chi connectivity index (χ3n) is 3.89. The Balaban J connectivity index is 1.54. The van der Waals surface area contributed by atoms with Gasteiger partial charge in [0.2, 0.25) is 11.8 Å². The summed E-state index contributed by atoms with van der Waals surface area (Å²) in [7, 11) is 0. The Morgan fingerprint density at radius 3 is 2.86 bits per heavy atom. The highest BCUT2D eigenvalue weighted by atomic mass is 32.2. The normalized spacial score (nSPS) is 22.4. The minimum atomic E-state index is -0.575. The van der Waals surface area contributed by atoms with Gasteiger partial charge in [-0.05, 0) is 23.6 Å². The predicted molar refractivity (Wildman–Crippen MR) is 109 cm³/mol. The molecule has 0 saturated carbocycles. The molecule has 1 atom stereocenters. The molecule has 2 aliphatic heterocycles. The van der Waals surface area contributed by atoms with Crippen molar-refractivity contribution < 1.29 is 18.8 Å². The van der Waals surface area contributed by atoms with E-state index in [0.717, 1.165) is 0 Å². The van der Waals surface area contributed by atoms with E-state index in [9.17, 15) is 14.4 Å². The maximum atomic E-state index is 12.9. The summed E-state index contributed by atoms with van der Waals surface area (Å²) in [5, 5.41) is 12.8. The first kappa shape index (κ1) is 19.0. The molecule has 2 saturated heterocycles. The molecule has 4 heterocycles. The van der Waals surface area contributed by atoms with Gasteiger partial charge in [-0.2, -0.15) is 0 Å². The Labute approximate surface area is 172 Å². The summed E-state index contributed by atoms with van der Waals surface area (Å²) in [6.45, 7) is 0.200. The van der Waals surface area contributed by atoms with E-state index < -0.39 is 5.25 Å². The number of rotatable bonds is 6. The van der Waals surface area contributed by atoms with E-state index in [2.05, 4.69) is 15.5 Å². The van der Waals surface area contributed by atoms with Crippen molar-refractivity contribution >= 4 is 62.8 Å². The van der Waals surface area contributed by atoms with Gasteiger partial charge in [-0.25, -0.2) is 0 Å². The molecule has 0 unspecified atom stereocenters. The van der Waals surface area contributed by atoms with Crippen molar-refractivity contribution in [2.24, 2.45) is 10.2 Å². The van der Waals surface area contributed by atoms with Crippen LogP contribution in [0.2, 0.25) is 0 Å². The molecule has 2 aromatic heterocycles. The molecule has 2 aromatic rings. The zero-order valence-corrected chi connectivity index (χ0v) is 16.8. The zero-order chi connectivity index (χ0) is 19.5. The minimum absolute atomic E-state index is 0.0787. The predicted octanol–water partition coefficient (Wildman–Crippen LogP) is 2.55. The van der Waals surface area contributed by atoms with Crippen LogP contribution >= 0.6 is 34.9 Å². The first-order chi connectivity index (χ1) is 13.6. The lowest BCUT2D eigenvalue weighted by Gasteiger charge is -2.13. The van der Waals surface area contributed by atoms with Crippen molar-refractivity contribution in [3.8, 4) is 0 Å². The average molecular weight is 435 g/mol. The first-order valence-electron chi connectivity index (χ1n) is 8.25. The smallest absolute Gasteiger partial charge is 0.243 e. The van der Waals surface area contributed by atoms with E-state index in [4.69, 9.17) is 4.42 Å². The number of amidine groups is 2. The Hall–Kier alpha value is -2.37. The summed E-state index contributed by atoms with van der Waals surface area (Å²) in [5.74, 6) is 0.469. The molecule has 0 bridgehead atoms. The van der Waals surface area contributed by atoms with Gasteiger partial charge in [-0.15, -0.1) is 21.5 Å². The second-order valence-electron chi connectivity index (χ2n) is 5.84. The van der Waals surface area contributed by atoms with Crippen LogP contribution in [0, 0.1) is 0 Å². The van der Waals surface area contributed by atoms with E-state index in [-0.39, 0.29) is 30.6 Å². The van der Waals surface area contributed by atoms with Gasteiger partial charge in [0.1, 0.15) is 5.76 Å². The molecule has 4 rings (SSSR count). The molecule has 2 fully saturated rings. The SMILES string of the molecule is O=C1CS/C(=N\N=C2/S[C@H](CC(=O)c3cccs3)C(=O)N2Cc2ccco2)N1. The maximum absolute atomic E-state index is 12.9. The molecule has 1 N–H and O–H groups in total. The molecule has 8 nitrogen and oxygen atoms in total. The minimum Gasteiger partial charge on any atom is -0.467 e. The highest BCUT2D eigenvalue weighted by molar-refractivity contribution is 8.15. The van der Waals surface area contributed by atoms with Crippen LogP contribution in [0.1, 0.15) is 21.9 Å². The summed E-state index contributed by atoms with van der Waals surface area (Å²) < 4.78 is 5.34. The van der Waals surface area contributed by atoms with Gasteiger partial charge in [-0.3, -0.25) is 19.3 Å². The molecule has 2 aliphatic rings. The van der Waals surface area contributed by atoms with Gasteiger partial charge in [0.15, 0.2) is 16.1 Å². The number of hydrogen-bond acceptors (Lipinski definition) is 9. The lowest BCUT2D eigenvalue weighted by atomic mass is 10.1. The fourth-order valence-electron chi connectivity index (χ4n) is 2.59. The Morgan fingerprint density at radius 1 is 1.29 bits per heavy atom. The van der Waals surface area contributed by atoms with Gasteiger partial charge in [0.05, 0.1) is 28.7 Å². The van der Waals surface area contributed by atoms with Crippen molar-refractivity contribution in [1.82, 2.24) is 10.2 Å². The Kier molecular flexibility index (Phi) is 5.64. The number of carbonyl (C=O) groups is 3. The average Bonchev–Trinajstić information content (AvgIpc) is 3.46. The first-order valence-corrected chi connectivity index (χ1v) is 11.0. The van der Waals surface area contributed by atoms with Crippen LogP contribution in [0.25, 0.3) is 0 Å². The number of thiophene rings is 1. The van der Waals surface area contributed by atoms with Crippen LogP contribution in [0.4, 0.5) is 0 Å². The van der Waals surface area contributed by atoms with Crippen molar-refractivity contribution in [3.05, 3.63) is 46.5 Å². The Bertz CT molecular complexity index is 953. The van der Waals surface area contributed by atoms with Crippen LogP contribution in [0.5, 0.6) is 0 Å². The van der Waals surface area contributed by atoms with Gasteiger partial charge < -0.3 is 9.73 Å². The molecule has 0 aliphatic carbocycles. The van der Waals surface area contributed by atoms with Gasteiger partial charge >= 0.3 is 0 Å². The Morgan fingerprint density at radius 2 is 2.18 bits per heavy atom. The second kappa shape index (κ2) is 8.33. The number of furan rings is 1. The molecule has 2 amide bonds. The molecular weight excluding hydrogens is 420 g/mol. The van der Waals surface area contributed by atoms with Crippen LogP contribution in [-0.2, 0) is 16.1 Å². The van der Waals surface area contributed by atoms with Crippen molar-refractivity contribution in [2.75, 3.05) is 5.75 Å². The van der Waals surface area contributed by atoms with E-state index in [0.29, 0.717) is 26.7 Å². The molecule has 0 aromatic carbocycles. The van der Waals surface area contributed by atoms with Crippen LogP contribution in [0.3, 0.4) is 0 Å². The summed E-state index contributed by atoms with van der Waals surface area (Å²) in [6.07, 6.45) is 1.61. The molecule has 11 heteroatoms. The second-order valence-corrected chi connectivity index (χ2v) is 8.92. The summed E-state index contributed by atoms with van der Waals surface area (Å²) >= 11 is 3.80. The number of Topliss-reactive ketones (excluding diaryl/α,β-unsaturated/α-hetero) is 1. The van der Waals surface area contributed by atoms with E-state index in [1.807, 2.05) is 5.38 Å². The number of thioether (sulfide) groups is 2. The lowest BCUT2D eigenvalue weighted by molar-refractivity contribution is -0.126. The number of nitrogens with one attached hydrogen (secondary N) is 1. The monoisotopic (exact) mass is 434 g/mol. The van der Waals surface area contributed by atoms with Crippen LogP contribution in [0.15, 0.2) is 50.5 Å². The third kappa shape index (κ3) is 4.21. The number of carbonyl (C=O) groups excluding carboxylic acids is 3. The summed E-state index contributed by atoms with van der Waals surface area (Å²) in [5.41, 5.74) is 0. The molecule has 0 radical (unpaired) electrons. The highest BCUT2D eigenvalue weighted by Crippen LogP contribution is 2.32. The third-order valence-corrected chi connectivity index (χ3v) is 6.83. The molecule has 0 spiro atoms. The lowest BCUT2D eigenvalue weighted by Crippen LogP contribution is -2.32. The fraction of sp³-hybridized carbons (Fsp3) is 0.235. The number of nitrogens with zero attached hydrogens (tertiary/aromatic N) is 3. The largest absolute Gasteiger partial charge is 0.467 e. The van der Waals surface area contributed by atoms with E-state index >= 15 is 0 Å². The summed E-state index contributed by atoms with van der Waals surface area (Å²) in [4.78, 5) is 38.7. The van der Waals surface area contributed by atoms with Crippen molar-refractivity contribution in [2.45, 2.75) is 18.2 Å². The van der Waals surface area contributed by atoms with Gasteiger partial charge in [-0.1, -0.05) is 29.6 Å². The number of amides is 2. The van der Waals surface area contributed by atoms with Crippen LogP contribution < -0.4 is 5.32 Å². The van der Waals surface area contributed by atoms with Crippen molar-refractivity contribution in [1.29, 1.82) is 0 Å². The standard InChI is InChI=1S/C17H14N4O4S3/c22-11(12-4-2-6-26-12)7-13-15(24)21(8-10-3-1-5-25-10)17(28-13)20-19-16-18-14(23)9-27-16/h1-6,13H,7-9H2,(H,18,19,23)/b20-17-/t13-/m1/s1. The van der Waals surface area contributed by atoms with Crippen molar-refractivity contribution in [3.63, 3.8) is 0 Å². The topological polar surface area (TPSA) is 104 Å². The molecule has 144 valence electrons. The maximum Gasteiger partial charge on any atom is 0.243 e. The van der Waals surface area contributed by atoms with Crippen LogP contribution in [-0.4, -0.2) is 43.8 Å². The van der Waals surface area contributed by atoms with E-state index in [1.165, 1.54) is 46.0 Å². The molecule has 28 heavy (non-hydrogen) atoms. The van der Waals surface area contributed by atoms with Gasteiger partial charge in [0.25, 0.3) is 0 Å². The quantitative estimate of drug-likeness (QED) is 0.553. The van der Waals surface area contributed by atoms with E-state index in [1.54, 1.807) is 24.3 Å². The highest BCUT2D eigenvalue weighted by Gasteiger charge is 2.40. The number of ketones is 1. The summed E-state index contributed by atoms with van der Waals surface area (Å²) in [6, 6.07) is 7.06. The van der Waals surface area contributed by atoms with Gasteiger partial charge in [0, 0.05) is 6.42 Å². The number of hydrogen-bond donors (Lipinski definition) is 1. The fourth-order valence-corrected chi connectivity index (χ4v) is 4.98. The zero-order valence-electron chi connectivity index (χ0n) is 14.4. The molecular formula is C17H14N4O4S3.